The van der Waals surface area contributed by atoms with Crippen LogP contribution in [0.2, 0.25) is 0 Å². The molecule has 1 aliphatic carbocycles. The monoisotopic (exact) mass is 357 g/mol. The van der Waals surface area contributed by atoms with E-state index in [0.29, 0.717) is 31.2 Å². The minimum atomic E-state index is -0.860. The van der Waals surface area contributed by atoms with Crippen LogP contribution >= 0.6 is 0 Å². The molecule has 26 heavy (non-hydrogen) atoms. The van der Waals surface area contributed by atoms with Crippen molar-refractivity contribution in [3.63, 3.8) is 0 Å². The SMILES string of the molecule is Fc1ccc(C2CN(c3ccc4nnc(C5CC5)n4n3)CCO2)cc1F. The summed E-state index contributed by atoms with van der Waals surface area (Å²) in [5.74, 6) is 0.449. The van der Waals surface area contributed by atoms with E-state index >= 15 is 0 Å². The second-order valence-corrected chi connectivity index (χ2v) is 6.77. The molecule has 1 atom stereocenters. The molecule has 1 saturated carbocycles. The Bertz CT molecular complexity index is 971. The molecule has 6 nitrogen and oxygen atoms in total. The normalized spacial score (nSPS) is 20.7. The van der Waals surface area contributed by atoms with Crippen molar-refractivity contribution in [3.8, 4) is 0 Å². The van der Waals surface area contributed by atoms with Crippen LogP contribution in [0.1, 0.15) is 36.3 Å². The van der Waals surface area contributed by atoms with Gasteiger partial charge in [-0.25, -0.2) is 8.78 Å². The predicted octanol–water partition coefficient (Wildman–Crippen LogP) is 2.86. The molecule has 8 heteroatoms. The first kappa shape index (κ1) is 15.6. The number of ether oxygens (including phenoxy) is 1. The number of nitrogens with zero attached hydrogens (tertiary/aromatic N) is 5. The largest absolute Gasteiger partial charge is 0.370 e. The Hall–Kier alpha value is -2.61. The Labute approximate surface area is 148 Å². The van der Waals surface area contributed by atoms with E-state index in [1.165, 1.54) is 6.07 Å². The van der Waals surface area contributed by atoms with Crippen LogP contribution in [0, 0.1) is 11.6 Å². The molecule has 134 valence electrons. The van der Waals surface area contributed by atoms with Crippen LogP contribution in [-0.4, -0.2) is 39.5 Å². The molecule has 0 N–H and O–H groups in total. The average molecular weight is 357 g/mol. The van der Waals surface area contributed by atoms with Crippen molar-refractivity contribution in [1.29, 1.82) is 0 Å². The lowest BCUT2D eigenvalue weighted by Crippen LogP contribution is -2.39. The zero-order valence-electron chi connectivity index (χ0n) is 14.0. The van der Waals surface area contributed by atoms with E-state index in [1.54, 1.807) is 6.07 Å². The van der Waals surface area contributed by atoms with Gasteiger partial charge in [0.2, 0.25) is 0 Å². The van der Waals surface area contributed by atoms with Crippen LogP contribution in [-0.2, 0) is 4.74 Å². The van der Waals surface area contributed by atoms with Gasteiger partial charge in [0.15, 0.2) is 23.1 Å². The molecular formula is C18H17F2N5O. The van der Waals surface area contributed by atoms with Gasteiger partial charge in [0.25, 0.3) is 0 Å². The molecule has 1 aromatic carbocycles. The summed E-state index contributed by atoms with van der Waals surface area (Å²) in [6.07, 6.45) is 1.92. The van der Waals surface area contributed by atoms with Gasteiger partial charge >= 0.3 is 0 Å². The summed E-state index contributed by atoms with van der Waals surface area (Å²) in [6, 6.07) is 7.72. The molecule has 1 aliphatic heterocycles. The van der Waals surface area contributed by atoms with Crippen LogP contribution in [0.4, 0.5) is 14.6 Å². The lowest BCUT2D eigenvalue weighted by molar-refractivity contribution is 0.0392. The van der Waals surface area contributed by atoms with E-state index in [2.05, 4.69) is 15.1 Å². The Morgan fingerprint density at radius 2 is 1.92 bits per heavy atom. The highest BCUT2D eigenvalue weighted by Gasteiger charge is 2.30. The van der Waals surface area contributed by atoms with Crippen LogP contribution < -0.4 is 4.90 Å². The summed E-state index contributed by atoms with van der Waals surface area (Å²) in [5, 5.41) is 13.1. The standard InChI is InChI=1S/C18H17F2N5O/c19-13-4-3-12(9-14(13)20)15-10-24(7-8-26-15)17-6-5-16-21-22-18(11-1-2-11)25(16)23-17/h3-6,9,11,15H,1-2,7-8,10H2. The third-order valence-electron chi connectivity index (χ3n) is 4.92. The van der Waals surface area contributed by atoms with E-state index in [0.717, 1.165) is 36.2 Å². The molecule has 1 saturated heterocycles. The van der Waals surface area contributed by atoms with Gasteiger partial charge in [-0.05, 0) is 42.7 Å². The molecule has 1 unspecified atom stereocenters. The van der Waals surface area contributed by atoms with Gasteiger partial charge in [-0.15, -0.1) is 15.3 Å². The molecular weight excluding hydrogens is 340 g/mol. The van der Waals surface area contributed by atoms with Crippen LogP contribution in [0.25, 0.3) is 5.65 Å². The number of aromatic nitrogens is 4. The summed E-state index contributed by atoms with van der Waals surface area (Å²) < 4.78 is 34.3. The molecule has 0 bridgehead atoms. The maximum atomic E-state index is 13.5. The quantitative estimate of drug-likeness (QED) is 0.721. The lowest BCUT2D eigenvalue weighted by Gasteiger charge is -2.33. The second kappa shape index (κ2) is 5.98. The van der Waals surface area contributed by atoms with E-state index in [4.69, 9.17) is 9.84 Å². The summed E-state index contributed by atoms with van der Waals surface area (Å²) in [4.78, 5) is 2.09. The van der Waals surface area contributed by atoms with Crippen LogP contribution in [0.15, 0.2) is 30.3 Å². The van der Waals surface area contributed by atoms with Crippen molar-refractivity contribution >= 4 is 11.5 Å². The van der Waals surface area contributed by atoms with E-state index in [9.17, 15) is 8.78 Å². The first-order chi connectivity index (χ1) is 12.7. The van der Waals surface area contributed by atoms with Gasteiger partial charge in [0.1, 0.15) is 11.9 Å². The van der Waals surface area contributed by atoms with Gasteiger partial charge in [0.05, 0.1) is 6.61 Å². The fourth-order valence-corrected chi connectivity index (χ4v) is 3.33. The van der Waals surface area contributed by atoms with Crippen molar-refractivity contribution in [2.24, 2.45) is 0 Å². The maximum absolute atomic E-state index is 13.5. The molecule has 2 fully saturated rings. The minimum absolute atomic E-state index is 0.333. The second-order valence-electron chi connectivity index (χ2n) is 6.77. The molecule has 0 spiro atoms. The molecule has 3 heterocycles. The zero-order chi connectivity index (χ0) is 17.7. The molecule has 2 aromatic heterocycles. The number of hydrogen-bond donors (Lipinski definition) is 0. The van der Waals surface area contributed by atoms with Gasteiger partial charge in [0, 0.05) is 19.0 Å². The fourth-order valence-electron chi connectivity index (χ4n) is 3.33. The molecule has 3 aromatic rings. The summed E-state index contributed by atoms with van der Waals surface area (Å²) in [7, 11) is 0. The van der Waals surface area contributed by atoms with E-state index < -0.39 is 11.6 Å². The Balaban J connectivity index is 1.43. The van der Waals surface area contributed by atoms with Crippen molar-refractivity contribution in [2.45, 2.75) is 24.9 Å². The number of rotatable bonds is 3. The Morgan fingerprint density at radius 1 is 1.04 bits per heavy atom. The minimum Gasteiger partial charge on any atom is -0.370 e. The summed E-state index contributed by atoms with van der Waals surface area (Å²) in [5.41, 5.74) is 1.36. The van der Waals surface area contributed by atoms with Gasteiger partial charge in [-0.1, -0.05) is 6.07 Å². The van der Waals surface area contributed by atoms with Crippen molar-refractivity contribution < 1.29 is 13.5 Å². The number of anilines is 1. The fraction of sp³-hybridized carbons (Fsp3) is 0.389. The highest BCUT2D eigenvalue weighted by atomic mass is 19.2. The summed E-state index contributed by atoms with van der Waals surface area (Å²) >= 11 is 0. The molecule has 5 rings (SSSR count). The van der Waals surface area contributed by atoms with Crippen molar-refractivity contribution in [2.75, 3.05) is 24.6 Å². The highest BCUT2D eigenvalue weighted by Crippen LogP contribution is 2.38. The third-order valence-corrected chi connectivity index (χ3v) is 4.92. The summed E-state index contributed by atoms with van der Waals surface area (Å²) in [6.45, 7) is 1.69. The third kappa shape index (κ3) is 2.70. The maximum Gasteiger partial charge on any atom is 0.178 e. The van der Waals surface area contributed by atoms with Crippen LogP contribution in [0.5, 0.6) is 0 Å². The first-order valence-electron chi connectivity index (χ1n) is 8.73. The smallest absolute Gasteiger partial charge is 0.178 e. The van der Waals surface area contributed by atoms with Gasteiger partial charge < -0.3 is 9.64 Å². The van der Waals surface area contributed by atoms with Gasteiger partial charge in [-0.3, -0.25) is 0 Å². The van der Waals surface area contributed by atoms with Crippen LogP contribution in [0.3, 0.4) is 0 Å². The number of morpholine rings is 1. The van der Waals surface area contributed by atoms with Gasteiger partial charge in [-0.2, -0.15) is 4.52 Å². The lowest BCUT2D eigenvalue weighted by atomic mass is 10.1. The van der Waals surface area contributed by atoms with E-state index in [-0.39, 0.29) is 6.10 Å². The number of hydrogen-bond acceptors (Lipinski definition) is 5. The predicted molar refractivity (Wildman–Crippen MR) is 90.0 cm³/mol. The highest BCUT2D eigenvalue weighted by molar-refractivity contribution is 5.47. The topological polar surface area (TPSA) is 55.6 Å². The van der Waals surface area contributed by atoms with Crippen molar-refractivity contribution in [3.05, 3.63) is 53.4 Å². The number of fused-ring (bicyclic) bond motifs is 1. The molecule has 2 aliphatic rings. The number of halogens is 2. The first-order valence-corrected chi connectivity index (χ1v) is 8.73. The van der Waals surface area contributed by atoms with Crippen molar-refractivity contribution in [1.82, 2.24) is 19.8 Å². The average Bonchev–Trinajstić information content (AvgIpc) is 3.43. The van der Waals surface area contributed by atoms with E-state index in [1.807, 2.05) is 16.6 Å². The molecule has 0 radical (unpaired) electrons. The molecule has 0 amide bonds. The zero-order valence-corrected chi connectivity index (χ0v) is 14.0. The Morgan fingerprint density at radius 3 is 2.73 bits per heavy atom. The Kier molecular flexibility index (Phi) is 3.59. The number of benzene rings is 1.